The summed E-state index contributed by atoms with van der Waals surface area (Å²) in [5.41, 5.74) is 7.32. The normalized spacial score (nSPS) is 11.0. The summed E-state index contributed by atoms with van der Waals surface area (Å²) in [5, 5.41) is 7.03. The largest absolute Gasteiger partial charge is 0.253 e. The van der Waals surface area contributed by atoms with Crippen LogP contribution in [-0.2, 0) is 0 Å². The molecule has 1 heterocycles. The van der Waals surface area contributed by atoms with Gasteiger partial charge in [0, 0.05) is 15.4 Å². The van der Waals surface area contributed by atoms with Gasteiger partial charge in [0.2, 0.25) is 5.13 Å². The van der Waals surface area contributed by atoms with Crippen LogP contribution in [0.3, 0.4) is 0 Å². The molecule has 0 radical (unpaired) electrons. The zero-order valence-corrected chi connectivity index (χ0v) is 14.4. The van der Waals surface area contributed by atoms with Crippen molar-refractivity contribution >= 4 is 38.6 Å². The Kier molecular flexibility index (Phi) is 4.65. The molecule has 22 heavy (non-hydrogen) atoms. The molecule has 3 rings (SSSR count). The van der Waals surface area contributed by atoms with E-state index < -0.39 is 0 Å². The standard InChI is InChI=1S/C17H14BrN3S/c1-12-2-4-13(5-3-12)10-19-21-17-20-16(11-22-17)14-6-8-15(18)9-7-14/h2-11H,1H3,(H,20,21)/b19-10-. The highest BCUT2D eigenvalue weighted by atomic mass is 79.9. The van der Waals surface area contributed by atoms with Crippen LogP contribution in [0.2, 0.25) is 0 Å². The van der Waals surface area contributed by atoms with Crippen LogP contribution in [0.25, 0.3) is 11.3 Å². The highest BCUT2D eigenvalue weighted by Crippen LogP contribution is 2.25. The number of hydrogen-bond donors (Lipinski definition) is 1. The second kappa shape index (κ2) is 6.85. The van der Waals surface area contributed by atoms with Crippen molar-refractivity contribution in [3.63, 3.8) is 0 Å². The number of hydrogen-bond acceptors (Lipinski definition) is 4. The van der Waals surface area contributed by atoms with Gasteiger partial charge < -0.3 is 0 Å². The van der Waals surface area contributed by atoms with Gasteiger partial charge in [0.25, 0.3) is 0 Å². The van der Waals surface area contributed by atoms with Gasteiger partial charge in [-0.3, -0.25) is 5.43 Å². The molecule has 0 aliphatic heterocycles. The Morgan fingerprint density at radius 3 is 2.55 bits per heavy atom. The Morgan fingerprint density at radius 1 is 1.09 bits per heavy atom. The molecule has 2 aromatic carbocycles. The van der Waals surface area contributed by atoms with Crippen LogP contribution in [0.15, 0.2) is 63.5 Å². The first-order chi connectivity index (χ1) is 10.7. The summed E-state index contributed by atoms with van der Waals surface area (Å²) in [6, 6.07) is 16.3. The summed E-state index contributed by atoms with van der Waals surface area (Å²) in [6.45, 7) is 2.07. The monoisotopic (exact) mass is 371 g/mol. The molecule has 0 atom stereocenters. The van der Waals surface area contributed by atoms with Crippen LogP contribution in [0.1, 0.15) is 11.1 Å². The van der Waals surface area contributed by atoms with Gasteiger partial charge in [-0.15, -0.1) is 11.3 Å². The summed E-state index contributed by atoms with van der Waals surface area (Å²) >= 11 is 4.97. The number of aryl methyl sites for hydroxylation is 1. The fourth-order valence-corrected chi connectivity index (χ4v) is 2.83. The lowest BCUT2D eigenvalue weighted by Gasteiger charge is -1.97. The maximum Gasteiger partial charge on any atom is 0.203 e. The molecule has 3 aromatic rings. The van der Waals surface area contributed by atoms with Gasteiger partial charge in [0.1, 0.15) is 0 Å². The molecule has 0 aliphatic carbocycles. The van der Waals surface area contributed by atoms with E-state index in [-0.39, 0.29) is 0 Å². The first-order valence-corrected chi connectivity index (χ1v) is 8.45. The minimum atomic E-state index is 0.779. The minimum absolute atomic E-state index is 0.779. The van der Waals surface area contributed by atoms with Crippen molar-refractivity contribution in [1.82, 2.24) is 4.98 Å². The fourth-order valence-electron chi connectivity index (χ4n) is 1.89. The van der Waals surface area contributed by atoms with E-state index >= 15 is 0 Å². The molecule has 0 spiro atoms. The summed E-state index contributed by atoms with van der Waals surface area (Å²) < 4.78 is 1.06. The van der Waals surface area contributed by atoms with Crippen LogP contribution < -0.4 is 5.43 Å². The van der Waals surface area contributed by atoms with E-state index in [2.05, 4.69) is 50.5 Å². The maximum atomic E-state index is 4.53. The van der Waals surface area contributed by atoms with Gasteiger partial charge in [0.05, 0.1) is 11.9 Å². The number of hydrazone groups is 1. The van der Waals surface area contributed by atoms with Crippen molar-refractivity contribution in [2.45, 2.75) is 6.92 Å². The van der Waals surface area contributed by atoms with Crippen molar-refractivity contribution in [3.8, 4) is 11.3 Å². The first kappa shape index (κ1) is 14.9. The lowest BCUT2D eigenvalue weighted by atomic mass is 10.2. The molecule has 0 fully saturated rings. The predicted octanol–water partition coefficient (Wildman–Crippen LogP) is 5.33. The minimum Gasteiger partial charge on any atom is -0.253 e. The van der Waals surface area contributed by atoms with E-state index in [0.717, 1.165) is 26.4 Å². The second-order valence-corrected chi connectivity index (χ2v) is 6.60. The lowest BCUT2D eigenvalue weighted by molar-refractivity contribution is 1.29. The second-order valence-electron chi connectivity index (χ2n) is 4.83. The average molecular weight is 372 g/mol. The van der Waals surface area contributed by atoms with E-state index in [1.165, 1.54) is 16.9 Å². The van der Waals surface area contributed by atoms with Crippen LogP contribution in [0, 0.1) is 6.92 Å². The van der Waals surface area contributed by atoms with Gasteiger partial charge in [-0.1, -0.05) is 57.9 Å². The number of thiazole rings is 1. The first-order valence-electron chi connectivity index (χ1n) is 6.78. The number of halogens is 1. The smallest absolute Gasteiger partial charge is 0.203 e. The van der Waals surface area contributed by atoms with Crippen molar-refractivity contribution in [2.24, 2.45) is 5.10 Å². The van der Waals surface area contributed by atoms with Crippen molar-refractivity contribution in [2.75, 3.05) is 5.43 Å². The Morgan fingerprint density at radius 2 is 1.82 bits per heavy atom. The van der Waals surface area contributed by atoms with Crippen molar-refractivity contribution in [1.29, 1.82) is 0 Å². The zero-order valence-electron chi connectivity index (χ0n) is 12.0. The molecule has 1 aromatic heterocycles. The van der Waals surface area contributed by atoms with E-state index in [0.29, 0.717) is 0 Å². The number of anilines is 1. The summed E-state index contributed by atoms with van der Waals surface area (Å²) in [5.74, 6) is 0. The van der Waals surface area contributed by atoms with Gasteiger partial charge in [-0.25, -0.2) is 4.98 Å². The molecule has 0 unspecified atom stereocenters. The number of aromatic nitrogens is 1. The molecule has 0 saturated heterocycles. The third-order valence-corrected chi connectivity index (χ3v) is 4.37. The summed E-state index contributed by atoms with van der Waals surface area (Å²) in [4.78, 5) is 4.53. The Balaban J connectivity index is 1.66. The Labute approximate surface area is 141 Å². The van der Waals surface area contributed by atoms with Gasteiger partial charge >= 0.3 is 0 Å². The molecule has 1 N–H and O–H groups in total. The number of nitrogens with one attached hydrogen (secondary N) is 1. The van der Waals surface area contributed by atoms with E-state index in [1.807, 2.05) is 41.8 Å². The van der Waals surface area contributed by atoms with Crippen LogP contribution >= 0.6 is 27.3 Å². The van der Waals surface area contributed by atoms with Gasteiger partial charge in [0.15, 0.2) is 0 Å². The molecule has 0 bridgehead atoms. The average Bonchev–Trinajstić information content (AvgIpc) is 2.99. The van der Waals surface area contributed by atoms with E-state index in [9.17, 15) is 0 Å². The van der Waals surface area contributed by atoms with Crippen LogP contribution in [0.4, 0.5) is 5.13 Å². The Hall–Kier alpha value is -1.98. The topological polar surface area (TPSA) is 37.3 Å². The SMILES string of the molecule is Cc1ccc(/C=N\Nc2nc(-c3ccc(Br)cc3)cs2)cc1. The molecule has 3 nitrogen and oxygen atoms in total. The molecular formula is C17H14BrN3S. The maximum absolute atomic E-state index is 4.53. The van der Waals surface area contributed by atoms with Crippen LogP contribution in [-0.4, -0.2) is 11.2 Å². The number of rotatable bonds is 4. The third kappa shape index (κ3) is 3.81. The molecular weight excluding hydrogens is 358 g/mol. The van der Waals surface area contributed by atoms with E-state index in [1.54, 1.807) is 6.21 Å². The quantitative estimate of drug-likeness (QED) is 0.497. The molecule has 5 heteroatoms. The zero-order chi connectivity index (χ0) is 15.4. The lowest BCUT2D eigenvalue weighted by Crippen LogP contribution is -1.90. The molecule has 0 aliphatic rings. The highest BCUT2D eigenvalue weighted by Gasteiger charge is 2.03. The van der Waals surface area contributed by atoms with E-state index in [4.69, 9.17) is 0 Å². The molecule has 0 amide bonds. The molecule has 110 valence electrons. The fraction of sp³-hybridized carbons (Fsp3) is 0.0588. The van der Waals surface area contributed by atoms with Crippen LogP contribution in [0.5, 0.6) is 0 Å². The van der Waals surface area contributed by atoms with Gasteiger partial charge in [-0.2, -0.15) is 5.10 Å². The summed E-state index contributed by atoms with van der Waals surface area (Å²) in [7, 11) is 0. The number of benzene rings is 2. The molecule has 0 saturated carbocycles. The predicted molar refractivity (Wildman–Crippen MR) is 97.6 cm³/mol. The number of nitrogens with zero attached hydrogens (tertiary/aromatic N) is 2. The van der Waals surface area contributed by atoms with Crippen molar-refractivity contribution in [3.05, 3.63) is 69.5 Å². The summed E-state index contributed by atoms with van der Waals surface area (Å²) in [6.07, 6.45) is 1.79. The van der Waals surface area contributed by atoms with Crippen molar-refractivity contribution < 1.29 is 0 Å². The highest BCUT2D eigenvalue weighted by molar-refractivity contribution is 9.10. The Bertz CT molecular complexity index is 776. The van der Waals surface area contributed by atoms with Gasteiger partial charge in [-0.05, 0) is 24.6 Å². The third-order valence-electron chi connectivity index (χ3n) is 3.10.